The Bertz CT molecular complexity index is 697. The third-order valence-corrected chi connectivity index (χ3v) is 9.31. The molecule has 0 aliphatic heterocycles. The Balaban J connectivity index is 3.54. The fraction of sp³-hybridized carbons (Fsp3) is 0.902. The Labute approximate surface area is 291 Å². The number of nitrogens with one attached hydrogen (secondary N) is 1. The number of hydrogen-bond acceptors (Lipinski definition) is 5. The van der Waals surface area contributed by atoms with Crippen LogP contribution in [0.1, 0.15) is 213 Å². The summed E-state index contributed by atoms with van der Waals surface area (Å²) in [5.74, 6) is -0.127. The summed E-state index contributed by atoms with van der Waals surface area (Å²) in [5.41, 5.74) is 0. The molecule has 0 bridgehead atoms. The van der Waals surface area contributed by atoms with Crippen LogP contribution in [0.5, 0.6) is 0 Å². The minimum absolute atomic E-state index is 0.0288. The van der Waals surface area contributed by atoms with Gasteiger partial charge in [-0.05, 0) is 32.1 Å². The van der Waals surface area contributed by atoms with Crippen molar-refractivity contribution < 1.29 is 24.5 Å². The number of unbranched alkanes of at least 4 members (excludes halogenated alkanes) is 26. The summed E-state index contributed by atoms with van der Waals surface area (Å²) in [4.78, 5) is 24.2. The van der Waals surface area contributed by atoms with Gasteiger partial charge in [-0.15, -0.1) is 0 Å². The van der Waals surface area contributed by atoms with E-state index in [-0.39, 0.29) is 18.5 Å². The van der Waals surface area contributed by atoms with Crippen LogP contribution in [0.4, 0.5) is 0 Å². The molecule has 278 valence electrons. The number of carbonyl (C=O) groups is 2. The maximum atomic E-state index is 12.3. The van der Waals surface area contributed by atoms with Gasteiger partial charge >= 0.3 is 5.97 Å². The fourth-order valence-electron chi connectivity index (χ4n) is 6.10. The lowest BCUT2D eigenvalue weighted by Gasteiger charge is -2.20. The summed E-state index contributed by atoms with van der Waals surface area (Å²) < 4.78 is 5.41. The van der Waals surface area contributed by atoms with Crippen LogP contribution in [0.15, 0.2) is 12.2 Å². The fourth-order valence-corrected chi connectivity index (χ4v) is 6.10. The molecule has 0 aromatic heterocycles. The third kappa shape index (κ3) is 34.3. The van der Waals surface area contributed by atoms with Crippen molar-refractivity contribution in [3.63, 3.8) is 0 Å². The molecule has 6 heteroatoms. The Kier molecular flexibility index (Phi) is 36.3. The normalized spacial score (nSPS) is 12.9. The number of rotatable bonds is 37. The summed E-state index contributed by atoms with van der Waals surface area (Å²) in [6.07, 6.45) is 39.0. The van der Waals surface area contributed by atoms with E-state index in [2.05, 4.69) is 19.2 Å². The van der Waals surface area contributed by atoms with Crippen molar-refractivity contribution in [2.45, 2.75) is 225 Å². The van der Waals surface area contributed by atoms with Crippen molar-refractivity contribution in [3.05, 3.63) is 12.2 Å². The van der Waals surface area contributed by atoms with Gasteiger partial charge < -0.3 is 20.3 Å². The maximum absolute atomic E-state index is 12.3. The SMILES string of the molecule is CCCCCCCCCC/C=C/C(O)C(CO)NC(=O)CCCCCCCCCCCOC(=O)CCCCCCCCCCCCC. The highest BCUT2D eigenvalue weighted by Crippen LogP contribution is 2.14. The predicted octanol–water partition coefficient (Wildman–Crippen LogP) is 11.1. The molecule has 2 unspecified atom stereocenters. The van der Waals surface area contributed by atoms with Gasteiger partial charge in [-0.25, -0.2) is 0 Å². The predicted molar refractivity (Wildman–Crippen MR) is 200 cm³/mol. The van der Waals surface area contributed by atoms with E-state index in [0.29, 0.717) is 19.4 Å². The minimum Gasteiger partial charge on any atom is -0.466 e. The van der Waals surface area contributed by atoms with Crippen LogP contribution >= 0.6 is 0 Å². The van der Waals surface area contributed by atoms with Crippen molar-refractivity contribution in [1.82, 2.24) is 5.32 Å². The first-order valence-corrected chi connectivity index (χ1v) is 20.5. The van der Waals surface area contributed by atoms with Crippen LogP contribution in [0.25, 0.3) is 0 Å². The highest BCUT2D eigenvalue weighted by molar-refractivity contribution is 5.76. The second kappa shape index (κ2) is 37.4. The second-order valence-electron chi connectivity index (χ2n) is 14.0. The molecule has 3 N–H and O–H groups in total. The number of aliphatic hydroxyl groups is 2. The number of esters is 1. The molecule has 0 aliphatic carbocycles. The quantitative estimate of drug-likeness (QED) is 0.0349. The molecule has 6 nitrogen and oxygen atoms in total. The molecule has 0 aromatic carbocycles. The highest BCUT2D eigenvalue weighted by Gasteiger charge is 2.18. The highest BCUT2D eigenvalue weighted by atomic mass is 16.5. The Morgan fingerprint density at radius 2 is 0.979 bits per heavy atom. The molecule has 1 amide bonds. The van der Waals surface area contributed by atoms with Gasteiger partial charge in [0.1, 0.15) is 0 Å². The average Bonchev–Trinajstić information content (AvgIpc) is 3.07. The van der Waals surface area contributed by atoms with Crippen LogP contribution in [-0.4, -0.2) is 47.4 Å². The van der Waals surface area contributed by atoms with Crippen molar-refractivity contribution >= 4 is 11.9 Å². The van der Waals surface area contributed by atoms with Crippen LogP contribution in [0.3, 0.4) is 0 Å². The van der Waals surface area contributed by atoms with E-state index in [4.69, 9.17) is 4.74 Å². The van der Waals surface area contributed by atoms with Crippen LogP contribution < -0.4 is 5.32 Å². The van der Waals surface area contributed by atoms with Gasteiger partial charge in [-0.3, -0.25) is 9.59 Å². The minimum atomic E-state index is -0.857. The van der Waals surface area contributed by atoms with Crippen molar-refractivity contribution in [2.24, 2.45) is 0 Å². The van der Waals surface area contributed by atoms with Crippen LogP contribution in [0.2, 0.25) is 0 Å². The van der Waals surface area contributed by atoms with E-state index in [9.17, 15) is 19.8 Å². The summed E-state index contributed by atoms with van der Waals surface area (Å²) in [5, 5.41) is 22.8. The third-order valence-electron chi connectivity index (χ3n) is 9.31. The molecule has 47 heavy (non-hydrogen) atoms. The first kappa shape index (κ1) is 45.6. The molecule has 0 spiro atoms. The topological polar surface area (TPSA) is 95.9 Å². The van der Waals surface area contributed by atoms with Gasteiger partial charge in [-0.1, -0.05) is 180 Å². The van der Waals surface area contributed by atoms with Crippen molar-refractivity contribution in [2.75, 3.05) is 13.2 Å². The Morgan fingerprint density at radius 1 is 0.574 bits per heavy atom. The largest absolute Gasteiger partial charge is 0.466 e. The molecule has 0 saturated carbocycles. The van der Waals surface area contributed by atoms with Gasteiger partial charge in [0, 0.05) is 12.8 Å². The summed E-state index contributed by atoms with van der Waals surface area (Å²) in [7, 11) is 0. The average molecular weight is 666 g/mol. The zero-order valence-electron chi connectivity index (χ0n) is 31.3. The number of ether oxygens (including phenoxy) is 1. The van der Waals surface area contributed by atoms with Crippen molar-refractivity contribution in [3.8, 4) is 0 Å². The first-order chi connectivity index (χ1) is 23.0. The molecule has 0 saturated heterocycles. The summed E-state index contributed by atoms with van der Waals surface area (Å²) in [6, 6.07) is -0.643. The monoisotopic (exact) mass is 666 g/mol. The lowest BCUT2D eigenvalue weighted by molar-refractivity contribution is -0.143. The van der Waals surface area contributed by atoms with E-state index in [0.717, 1.165) is 57.8 Å². The molecule has 0 fully saturated rings. The lowest BCUT2D eigenvalue weighted by Crippen LogP contribution is -2.45. The molecule has 0 radical (unpaired) electrons. The Morgan fingerprint density at radius 3 is 1.45 bits per heavy atom. The molecular weight excluding hydrogens is 586 g/mol. The molecule has 0 heterocycles. The standard InChI is InChI=1S/C41H79NO5/c1-3-5-7-9-11-13-15-19-23-27-31-35-41(46)47-36-32-28-24-20-16-18-22-26-30-34-40(45)42-38(37-43)39(44)33-29-25-21-17-14-12-10-8-6-4-2/h29,33,38-39,43-44H,3-28,30-32,34-37H2,1-2H3,(H,42,45)/b33-29+. The molecule has 0 aliphatic rings. The second-order valence-corrected chi connectivity index (χ2v) is 14.0. The first-order valence-electron chi connectivity index (χ1n) is 20.5. The number of aliphatic hydroxyl groups excluding tert-OH is 2. The van der Waals surface area contributed by atoms with E-state index < -0.39 is 12.1 Å². The number of amides is 1. The smallest absolute Gasteiger partial charge is 0.305 e. The summed E-state index contributed by atoms with van der Waals surface area (Å²) in [6.45, 7) is 4.79. The summed E-state index contributed by atoms with van der Waals surface area (Å²) >= 11 is 0. The molecule has 0 aromatic rings. The van der Waals surface area contributed by atoms with Gasteiger partial charge in [0.05, 0.1) is 25.4 Å². The number of hydrogen-bond donors (Lipinski definition) is 3. The Hall–Kier alpha value is -1.40. The lowest BCUT2D eigenvalue weighted by atomic mass is 10.1. The van der Waals surface area contributed by atoms with E-state index >= 15 is 0 Å². The van der Waals surface area contributed by atoms with Gasteiger partial charge in [-0.2, -0.15) is 0 Å². The molecule has 0 rings (SSSR count). The van der Waals surface area contributed by atoms with E-state index in [1.54, 1.807) is 6.08 Å². The van der Waals surface area contributed by atoms with E-state index in [1.165, 1.54) is 128 Å². The van der Waals surface area contributed by atoms with Crippen LogP contribution in [-0.2, 0) is 14.3 Å². The molecule has 2 atom stereocenters. The van der Waals surface area contributed by atoms with Crippen molar-refractivity contribution in [1.29, 1.82) is 0 Å². The van der Waals surface area contributed by atoms with Gasteiger partial charge in [0.2, 0.25) is 5.91 Å². The maximum Gasteiger partial charge on any atom is 0.305 e. The van der Waals surface area contributed by atoms with E-state index in [1.807, 2.05) is 6.08 Å². The van der Waals surface area contributed by atoms with Crippen LogP contribution in [0, 0.1) is 0 Å². The number of allylic oxidation sites excluding steroid dienone is 1. The van der Waals surface area contributed by atoms with Gasteiger partial charge in [0.25, 0.3) is 0 Å². The number of carbonyl (C=O) groups excluding carboxylic acids is 2. The van der Waals surface area contributed by atoms with Gasteiger partial charge in [0.15, 0.2) is 0 Å². The zero-order valence-corrected chi connectivity index (χ0v) is 31.3. The zero-order chi connectivity index (χ0) is 34.5. The molecular formula is C41H79NO5.